The van der Waals surface area contributed by atoms with Crippen molar-refractivity contribution in [3.63, 3.8) is 0 Å². The lowest BCUT2D eigenvalue weighted by Crippen LogP contribution is -2.14. The molecule has 4 aromatic rings. The van der Waals surface area contributed by atoms with E-state index in [-0.39, 0.29) is 0 Å². The Labute approximate surface area is 167 Å². The fourth-order valence-electron chi connectivity index (χ4n) is 4.38. The van der Waals surface area contributed by atoms with Crippen LogP contribution in [0.1, 0.15) is 31.9 Å². The van der Waals surface area contributed by atoms with Gasteiger partial charge in [-0.3, -0.25) is 0 Å². The van der Waals surface area contributed by atoms with E-state index >= 15 is 0 Å². The lowest BCUT2D eigenvalue weighted by molar-refractivity contribution is 0.967. The molecule has 0 unspecified atom stereocenters. The van der Waals surface area contributed by atoms with Crippen molar-refractivity contribution in [3.05, 3.63) is 96.2 Å². The average Bonchev–Trinajstić information content (AvgIpc) is 2.75. The lowest BCUT2D eigenvalue weighted by atomic mass is 9.85. The van der Waals surface area contributed by atoms with E-state index in [4.69, 9.17) is 0 Å². The summed E-state index contributed by atoms with van der Waals surface area (Å²) in [5.41, 5.74) is 6.32. The number of allylic oxidation sites excluding steroid dienone is 1. The van der Waals surface area contributed by atoms with Crippen molar-refractivity contribution in [2.75, 3.05) is 4.90 Å². The van der Waals surface area contributed by atoms with Crippen LogP contribution < -0.4 is 4.90 Å². The Morgan fingerprint density at radius 3 is 2.18 bits per heavy atom. The van der Waals surface area contributed by atoms with Gasteiger partial charge in [0.15, 0.2) is 0 Å². The summed E-state index contributed by atoms with van der Waals surface area (Å²) in [6.45, 7) is 10.3. The second-order valence-corrected chi connectivity index (χ2v) is 7.15. The van der Waals surface area contributed by atoms with Gasteiger partial charge in [0, 0.05) is 16.8 Å². The maximum absolute atomic E-state index is 4.26. The number of hydrogen-bond donors (Lipinski definition) is 0. The number of aryl methyl sites for hydroxylation is 2. The van der Waals surface area contributed by atoms with Crippen molar-refractivity contribution < 1.29 is 0 Å². The van der Waals surface area contributed by atoms with Crippen molar-refractivity contribution in [2.45, 2.75) is 33.6 Å². The van der Waals surface area contributed by atoms with Gasteiger partial charge in [-0.1, -0.05) is 75.0 Å². The summed E-state index contributed by atoms with van der Waals surface area (Å²) < 4.78 is 0. The van der Waals surface area contributed by atoms with Gasteiger partial charge < -0.3 is 4.90 Å². The van der Waals surface area contributed by atoms with Gasteiger partial charge in [0.1, 0.15) is 0 Å². The molecule has 0 saturated heterocycles. The van der Waals surface area contributed by atoms with Crippen LogP contribution in [-0.4, -0.2) is 0 Å². The monoisotopic (exact) mass is 365 g/mol. The Balaban J connectivity index is 0.000000932. The molecule has 0 spiro atoms. The minimum absolute atomic E-state index is 1.02. The van der Waals surface area contributed by atoms with E-state index in [1.54, 1.807) is 0 Å². The highest BCUT2D eigenvalue weighted by Gasteiger charge is 2.20. The highest BCUT2D eigenvalue weighted by molar-refractivity contribution is 6.15. The third kappa shape index (κ3) is 2.88. The van der Waals surface area contributed by atoms with Gasteiger partial charge in [-0.25, -0.2) is 0 Å². The van der Waals surface area contributed by atoms with Gasteiger partial charge in [-0.15, -0.1) is 0 Å². The Hall–Kier alpha value is -3.06. The molecule has 1 aliphatic rings. The first-order valence-electron chi connectivity index (χ1n) is 10.2. The zero-order valence-electron chi connectivity index (χ0n) is 17.0. The van der Waals surface area contributed by atoms with Crippen LogP contribution in [0.4, 0.5) is 11.4 Å². The number of para-hydroxylation sites is 1. The van der Waals surface area contributed by atoms with Gasteiger partial charge >= 0.3 is 0 Å². The number of rotatable bonds is 3. The van der Waals surface area contributed by atoms with Gasteiger partial charge in [0.05, 0.1) is 5.69 Å². The van der Waals surface area contributed by atoms with Gasteiger partial charge in [-0.05, 0) is 65.3 Å². The van der Waals surface area contributed by atoms with E-state index in [1.165, 1.54) is 38.4 Å². The fourth-order valence-corrected chi connectivity index (χ4v) is 4.38. The largest absolute Gasteiger partial charge is 0.314 e. The first kappa shape index (κ1) is 18.3. The summed E-state index contributed by atoms with van der Waals surface area (Å²) in [5.74, 6) is 0. The van der Waals surface area contributed by atoms with E-state index in [0.717, 1.165) is 24.2 Å². The summed E-state index contributed by atoms with van der Waals surface area (Å²) in [7, 11) is 0. The molecule has 1 nitrogen and oxygen atoms in total. The molecule has 0 N–H and O–H groups in total. The molecule has 0 heterocycles. The van der Waals surface area contributed by atoms with Gasteiger partial charge in [0.2, 0.25) is 0 Å². The van der Waals surface area contributed by atoms with Gasteiger partial charge in [-0.2, -0.15) is 0 Å². The van der Waals surface area contributed by atoms with Crippen LogP contribution in [0.3, 0.4) is 0 Å². The normalized spacial score (nSPS) is 12.0. The standard InChI is InChI=1S/C25H21N.C2H6/c1-17(2)26(21-9-4-3-5-10-21)23-16-14-20-12-11-18-7-6-8-19-13-15-22(23)25(20)24(18)19;1-2/h3-10,13-16H,1,11-12H2,2H3;1-2H3. The van der Waals surface area contributed by atoms with Crippen LogP contribution in [0.2, 0.25) is 0 Å². The van der Waals surface area contributed by atoms with E-state index < -0.39 is 0 Å². The molecule has 140 valence electrons. The molecular formula is C27H27N. The minimum Gasteiger partial charge on any atom is -0.314 e. The molecule has 0 atom stereocenters. The molecule has 0 bridgehead atoms. The van der Waals surface area contributed by atoms with E-state index in [2.05, 4.69) is 91.2 Å². The van der Waals surface area contributed by atoms with Crippen LogP contribution in [0.25, 0.3) is 21.5 Å². The number of anilines is 2. The van der Waals surface area contributed by atoms with E-state index in [0.29, 0.717) is 0 Å². The second-order valence-electron chi connectivity index (χ2n) is 7.15. The van der Waals surface area contributed by atoms with E-state index in [9.17, 15) is 0 Å². The summed E-state index contributed by atoms with van der Waals surface area (Å²) >= 11 is 0. The third-order valence-electron chi connectivity index (χ3n) is 5.47. The molecule has 0 aromatic heterocycles. The van der Waals surface area contributed by atoms with Crippen molar-refractivity contribution in [2.24, 2.45) is 0 Å². The first-order chi connectivity index (χ1) is 13.7. The average molecular weight is 366 g/mol. The van der Waals surface area contributed by atoms with Crippen molar-refractivity contribution in [1.29, 1.82) is 0 Å². The second kappa shape index (κ2) is 7.52. The maximum Gasteiger partial charge on any atom is 0.0536 e. The molecule has 0 amide bonds. The Kier molecular flexibility index (Phi) is 4.92. The lowest BCUT2D eigenvalue weighted by Gasteiger charge is -2.28. The summed E-state index contributed by atoms with van der Waals surface area (Å²) in [6, 6.07) is 26.3. The number of nitrogens with zero attached hydrogens (tertiary/aromatic N) is 1. The molecule has 0 saturated carbocycles. The predicted molar refractivity (Wildman–Crippen MR) is 124 cm³/mol. The number of benzene rings is 4. The SMILES string of the molecule is C=C(C)N(c1ccccc1)c1ccc2c3c1ccc1cccc(c13)CC2.CC. The molecule has 28 heavy (non-hydrogen) atoms. The summed E-state index contributed by atoms with van der Waals surface area (Å²) in [4.78, 5) is 2.27. The van der Waals surface area contributed by atoms with Crippen LogP contribution in [0, 0.1) is 0 Å². The van der Waals surface area contributed by atoms with Crippen LogP contribution >= 0.6 is 0 Å². The molecule has 1 aliphatic carbocycles. The Morgan fingerprint density at radius 2 is 1.46 bits per heavy atom. The van der Waals surface area contributed by atoms with Crippen molar-refractivity contribution >= 4 is 32.9 Å². The predicted octanol–water partition coefficient (Wildman–Crippen LogP) is 7.79. The molecule has 0 aliphatic heterocycles. The molecular weight excluding hydrogens is 338 g/mol. The third-order valence-corrected chi connectivity index (χ3v) is 5.47. The zero-order valence-corrected chi connectivity index (χ0v) is 17.0. The topological polar surface area (TPSA) is 3.24 Å². The van der Waals surface area contributed by atoms with Crippen LogP contribution in [-0.2, 0) is 12.8 Å². The Morgan fingerprint density at radius 1 is 0.750 bits per heavy atom. The summed E-state index contributed by atoms with van der Waals surface area (Å²) in [5, 5.41) is 5.51. The van der Waals surface area contributed by atoms with Crippen LogP contribution in [0.15, 0.2) is 85.1 Å². The highest BCUT2D eigenvalue weighted by Crippen LogP contribution is 2.42. The quantitative estimate of drug-likeness (QED) is 0.335. The molecule has 0 radical (unpaired) electrons. The Bertz CT molecular complexity index is 1160. The zero-order chi connectivity index (χ0) is 19.7. The number of hydrogen-bond acceptors (Lipinski definition) is 1. The molecule has 1 heteroatoms. The molecule has 5 rings (SSSR count). The van der Waals surface area contributed by atoms with Gasteiger partial charge in [0.25, 0.3) is 0 Å². The molecule has 0 fully saturated rings. The van der Waals surface area contributed by atoms with Crippen molar-refractivity contribution in [3.8, 4) is 0 Å². The minimum atomic E-state index is 1.02. The fraction of sp³-hybridized carbons (Fsp3) is 0.185. The van der Waals surface area contributed by atoms with E-state index in [1.807, 2.05) is 13.8 Å². The maximum atomic E-state index is 4.26. The molecule has 4 aromatic carbocycles. The smallest absolute Gasteiger partial charge is 0.0536 e. The first-order valence-corrected chi connectivity index (χ1v) is 10.2. The van der Waals surface area contributed by atoms with Crippen LogP contribution in [0.5, 0.6) is 0 Å². The summed E-state index contributed by atoms with van der Waals surface area (Å²) in [6.07, 6.45) is 2.25. The highest BCUT2D eigenvalue weighted by atomic mass is 15.1. The van der Waals surface area contributed by atoms with Crippen molar-refractivity contribution in [1.82, 2.24) is 0 Å².